The molecule has 0 saturated heterocycles. The lowest BCUT2D eigenvalue weighted by molar-refractivity contribution is 0.202. The molecule has 0 aromatic carbocycles. The number of carbonyl (C=O) groups is 1. The van der Waals surface area contributed by atoms with Gasteiger partial charge in [-0.3, -0.25) is 5.41 Å². The van der Waals surface area contributed by atoms with Crippen LogP contribution in [0.25, 0.3) is 0 Å². The standard InChI is InChI=1S/C3H6N2O2/c1-5-3(6)7-2-4/h2,4H,1H3,(H,5,6). The van der Waals surface area contributed by atoms with Gasteiger partial charge in [0.15, 0.2) is 6.40 Å². The van der Waals surface area contributed by atoms with Crippen LogP contribution in [0.15, 0.2) is 0 Å². The van der Waals surface area contributed by atoms with E-state index in [0.29, 0.717) is 6.40 Å². The van der Waals surface area contributed by atoms with Crippen LogP contribution >= 0.6 is 0 Å². The van der Waals surface area contributed by atoms with Gasteiger partial charge >= 0.3 is 6.09 Å². The zero-order valence-electron chi connectivity index (χ0n) is 3.89. The third-order valence-corrected chi connectivity index (χ3v) is 0.370. The normalized spacial score (nSPS) is 7.00. The highest BCUT2D eigenvalue weighted by atomic mass is 16.5. The molecule has 0 aromatic rings. The van der Waals surface area contributed by atoms with Crippen LogP contribution in [-0.4, -0.2) is 19.5 Å². The smallest absolute Gasteiger partial charge is 0.399 e. The fourth-order valence-corrected chi connectivity index (χ4v) is 0.112. The van der Waals surface area contributed by atoms with E-state index in [4.69, 9.17) is 5.41 Å². The van der Waals surface area contributed by atoms with Crippen molar-refractivity contribution >= 4 is 12.5 Å². The third-order valence-electron chi connectivity index (χ3n) is 0.370. The van der Waals surface area contributed by atoms with Gasteiger partial charge in [0.2, 0.25) is 0 Å². The summed E-state index contributed by atoms with van der Waals surface area (Å²) in [6, 6.07) is 0. The number of hydrogen-bond acceptors (Lipinski definition) is 3. The number of ether oxygens (including phenoxy) is 1. The van der Waals surface area contributed by atoms with E-state index in [9.17, 15) is 4.79 Å². The number of alkyl carbamates (subject to hydrolysis) is 1. The average molecular weight is 102 g/mol. The molecule has 4 nitrogen and oxygen atoms in total. The molecule has 40 valence electrons. The highest BCUT2D eigenvalue weighted by Gasteiger charge is 1.88. The number of nitrogens with one attached hydrogen (secondary N) is 2. The summed E-state index contributed by atoms with van der Waals surface area (Å²) in [6.45, 7) is 0. The molecule has 2 N–H and O–H groups in total. The Kier molecular flexibility index (Phi) is 2.67. The molecule has 0 saturated carbocycles. The molecule has 0 unspecified atom stereocenters. The van der Waals surface area contributed by atoms with E-state index in [2.05, 4.69) is 10.1 Å². The van der Waals surface area contributed by atoms with Gasteiger partial charge in [-0.2, -0.15) is 0 Å². The Bertz CT molecular complexity index is 81.0. The first kappa shape index (κ1) is 5.94. The van der Waals surface area contributed by atoms with Gasteiger partial charge in [-0.25, -0.2) is 4.79 Å². The van der Waals surface area contributed by atoms with Crippen LogP contribution in [0.4, 0.5) is 4.79 Å². The Morgan fingerprint density at radius 3 is 2.71 bits per heavy atom. The van der Waals surface area contributed by atoms with Crippen LogP contribution in [0.2, 0.25) is 0 Å². The van der Waals surface area contributed by atoms with E-state index < -0.39 is 6.09 Å². The molecule has 0 atom stereocenters. The molecule has 0 rings (SSSR count). The molecule has 0 heterocycles. The molecular formula is C3H6N2O2. The molecule has 1 amide bonds. The minimum atomic E-state index is -0.616. The summed E-state index contributed by atoms with van der Waals surface area (Å²) < 4.78 is 3.98. The molecule has 7 heavy (non-hydrogen) atoms. The SMILES string of the molecule is CNC(=O)OC=N. The predicted molar refractivity (Wildman–Crippen MR) is 24.3 cm³/mol. The molecule has 0 spiro atoms. The summed E-state index contributed by atoms with van der Waals surface area (Å²) in [5, 5.41) is 8.38. The van der Waals surface area contributed by atoms with Crippen LogP contribution in [0, 0.1) is 5.41 Å². The number of rotatable bonds is 1. The molecule has 0 aliphatic carbocycles. The first-order valence-electron chi connectivity index (χ1n) is 1.68. The van der Waals surface area contributed by atoms with Crippen LogP contribution in [0.5, 0.6) is 0 Å². The summed E-state index contributed by atoms with van der Waals surface area (Å²) in [5.41, 5.74) is 0. The van der Waals surface area contributed by atoms with Gasteiger partial charge in [0.05, 0.1) is 0 Å². The molecule has 0 fully saturated rings. The van der Waals surface area contributed by atoms with Gasteiger partial charge in [-0.1, -0.05) is 0 Å². The Hall–Kier alpha value is -1.06. The number of hydrogen-bond donors (Lipinski definition) is 2. The maximum atomic E-state index is 9.93. The monoisotopic (exact) mass is 102 g/mol. The van der Waals surface area contributed by atoms with Crippen molar-refractivity contribution in [3.8, 4) is 0 Å². The van der Waals surface area contributed by atoms with Gasteiger partial charge in [0.1, 0.15) is 0 Å². The Morgan fingerprint density at radius 1 is 2.00 bits per heavy atom. The maximum absolute atomic E-state index is 9.93. The van der Waals surface area contributed by atoms with Crippen molar-refractivity contribution in [2.45, 2.75) is 0 Å². The average Bonchev–Trinajstić information content (AvgIpc) is 1.68. The van der Waals surface area contributed by atoms with Gasteiger partial charge in [-0.15, -0.1) is 0 Å². The van der Waals surface area contributed by atoms with E-state index >= 15 is 0 Å². The van der Waals surface area contributed by atoms with E-state index in [1.807, 2.05) is 0 Å². The van der Waals surface area contributed by atoms with Crippen molar-refractivity contribution in [1.29, 1.82) is 5.41 Å². The van der Waals surface area contributed by atoms with Crippen LogP contribution in [0.1, 0.15) is 0 Å². The largest absolute Gasteiger partial charge is 0.413 e. The molecule has 0 bridgehead atoms. The Balaban J connectivity index is 3.17. The van der Waals surface area contributed by atoms with Crippen molar-refractivity contribution in [3.05, 3.63) is 0 Å². The van der Waals surface area contributed by atoms with E-state index in [1.54, 1.807) is 0 Å². The third kappa shape index (κ3) is 2.75. The predicted octanol–water partition coefficient (Wildman–Crippen LogP) is -0.0505. The van der Waals surface area contributed by atoms with Gasteiger partial charge in [0, 0.05) is 7.05 Å². The second-order valence-electron chi connectivity index (χ2n) is 0.773. The topological polar surface area (TPSA) is 62.2 Å². The van der Waals surface area contributed by atoms with Gasteiger partial charge < -0.3 is 10.1 Å². The quantitative estimate of drug-likeness (QED) is 0.360. The minimum Gasteiger partial charge on any atom is -0.399 e. The second kappa shape index (κ2) is 3.14. The van der Waals surface area contributed by atoms with Crippen molar-refractivity contribution in [2.75, 3.05) is 7.05 Å². The lowest BCUT2D eigenvalue weighted by atomic mass is 11.1. The molecule has 4 heteroatoms. The van der Waals surface area contributed by atoms with Gasteiger partial charge in [-0.05, 0) is 0 Å². The first-order chi connectivity index (χ1) is 3.31. The summed E-state index contributed by atoms with van der Waals surface area (Å²) in [6.07, 6.45) is -0.0475. The van der Waals surface area contributed by atoms with Crippen LogP contribution in [0.3, 0.4) is 0 Å². The van der Waals surface area contributed by atoms with Crippen LogP contribution in [-0.2, 0) is 4.74 Å². The van der Waals surface area contributed by atoms with Crippen molar-refractivity contribution < 1.29 is 9.53 Å². The van der Waals surface area contributed by atoms with E-state index in [0.717, 1.165) is 0 Å². The molecule has 0 aliphatic rings. The number of carbonyl (C=O) groups excluding carboxylic acids is 1. The summed E-state index contributed by atoms with van der Waals surface area (Å²) in [5.74, 6) is 0. The number of amides is 1. The van der Waals surface area contributed by atoms with E-state index in [1.165, 1.54) is 7.05 Å². The van der Waals surface area contributed by atoms with Crippen molar-refractivity contribution in [1.82, 2.24) is 5.32 Å². The Labute approximate surface area is 41.0 Å². The highest BCUT2D eigenvalue weighted by Crippen LogP contribution is 1.64. The maximum Gasteiger partial charge on any atom is 0.413 e. The van der Waals surface area contributed by atoms with Crippen molar-refractivity contribution in [2.24, 2.45) is 0 Å². The lowest BCUT2D eigenvalue weighted by Crippen LogP contribution is -2.17. The summed E-state index contributed by atoms with van der Waals surface area (Å²) in [7, 11) is 1.42. The fourth-order valence-electron chi connectivity index (χ4n) is 0.112. The first-order valence-corrected chi connectivity index (χ1v) is 1.68. The summed E-state index contributed by atoms with van der Waals surface area (Å²) in [4.78, 5) is 9.93. The molecule has 0 aliphatic heterocycles. The zero-order valence-corrected chi connectivity index (χ0v) is 3.89. The summed E-state index contributed by atoms with van der Waals surface area (Å²) >= 11 is 0. The Morgan fingerprint density at radius 2 is 2.57 bits per heavy atom. The molecular weight excluding hydrogens is 96.0 g/mol. The van der Waals surface area contributed by atoms with Crippen LogP contribution < -0.4 is 5.32 Å². The fraction of sp³-hybridized carbons (Fsp3) is 0.333. The zero-order chi connectivity index (χ0) is 5.70. The minimum absolute atomic E-state index is 0.568. The highest BCUT2D eigenvalue weighted by molar-refractivity contribution is 5.74. The lowest BCUT2D eigenvalue weighted by Gasteiger charge is -1.90. The molecule has 0 aromatic heterocycles. The van der Waals surface area contributed by atoms with E-state index in [-0.39, 0.29) is 0 Å². The van der Waals surface area contributed by atoms with Crippen molar-refractivity contribution in [3.63, 3.8) is 0 Å². The van der Waals surface area contributed by atoms with Gasteiger partial charge in [0.25, 0.3) is 0 Å². The molecule has 0 radical (unpaired) electrons. The second-order valence-corrected chi connectivity index (χ2v) is 0.773.